The van der Waals surface area contributed by atoms with Crippen molar-refractivity contribution in [2.45, 2.75) is 309 Å². The van der Waals surface area contributed by atoms with Crippen molar-refractivity contribution in [2.75, 3.05) is 39.6 Å². The monoisotopic (exact) mass is 1480 g/mol. The number of aliphatic hydroxyl groups excluding tert-OH is 2. The Morgan fingerprint density at radius 1 is 0.282 bits per heavy atom. The molecule has 5 atom stereocenters. The molecule has 0 aliphatic rings. The van der Waals surface area contributed by atoms with Crippen LogP contribution in [-0.4, -0.2) is 95.9 Å². The zero-order valence-corrected chi connectivity index (χ0v) is 65.7. The van der Waals surface area contributed by atoms with E-state index in [0.29, 0.717) is 25.7 Å². The van der Waals surface area contributed by atoms with Crippen LogP contribution >= 0.6 is 15.6 Å². The fourth-order valence-corrected chi connectivity index (χ4v) is 11.6. The van der Waals surface area contributed by atoms with E-state index in [2.05, 4.69) is 173 Å². The van der Waals surface area contributed by atoms with E-state index in [9.17, 15) is 43.5 Å². The first-order valence-electron chi connectivity index (χ1n) is 39.4. The summed E-state index contributed by atoms with van der Waals surface area (Å²) in [5.74, 6) is -1.70. The highest BCUT2D eigenvalue weighted by Gasteiger charge is 2.29. The fourth-order valence-electron chi connectivity index (χ4n) is 9.99. The average molecular weight is 1480 g/mol. The Balaban J connectivity index is 4.43. The second-order valence-corrected chi connectivity index (χ2v) is 28.7. The zero-order valence-electron chi connectivity index (χ0n) is 63.9. The largest absolute Gasteiger partial charge is 0.472 e. The third kappa shape index (κ3) is 77.8. The SMILES string of the molecule is CC/C=C\C/C=C\C/C=C\C/C=C\C/C=C\C/C=C\CCCCCCCCCCCCCCCCCCC(=O)OCC(O)COP(=O)(O)OCC(O)COP(=O)(O)OCC(COC(=O)CC/C=C\C/C=C\C/C=C\C/C=C\C/C=C\C/C=C\CC)OC(=O)CCCCCCC/C=C\C/C=C\CCC. The van der Waals surface area contributed by atoms with Gasteiger partial charge in [0.15, 0.2) is 6.10 Å². The Hall–Kier alpha value is -5.09. The average Bonchev–Trinajstić information content (AvgIpc) is 0.925. The van der Waals surface area contributed by atoms with E-state index >= 15 is 0 Å². The summed E-state index contributed by atoms with van der Waals surface area (Å²) < 4.78 is 60.9. The molecule has 0 saturated heterocycles. The first kappa shape index (κ1) is 97.9. The van der Waals surface area contributed by atoms with Gasteiger partial charge in [-0.25, -0.2) is 9.13 Å². The van der Waals surface area contributed by atoms with Gasteiger partial charge in [-0.2, -0.15) is 0 Å². The quantitative estimate of drug-likeness (QED) is 0.0146. The lowest BCUT2D eigenvalue weighted by Gasteiger charge is -2.21. The molecule has 0 aliphatic heterocycles. The molecule has 0 heterocycles. The van der Waals surface area contributed by atoms with Crippen LogP contribution < -0.4 is 0 Å². The molecule has 4 N–H and O–H groups in total. The molecule has 0 saturated carbocycles. The number of phosphoric ester groups is 2. The molecule has 0 fully saturated rings. The molecule has 0 spiro atoms. The number of phosphoric acid groups is 2. The first-order valence-corrected chi connectivity index (χ1v) is 42.4. The number of ether oxygens (including phenoxy) is 3. The van der Waals surface area contributed by atoms with Crippen LogP contribution in [0.25, 0.3) is 0 Å². The lowest BCUT2D eigenvalue weighted by atomic mass is 10.0. The van der Waals surface area contributed by atoms with Crippen LogP contribution in [0.1, 0.15) is 290 Å². The third-order valence-electron chi connectivity index (χ3n) is 15.9. The highest BCUT2D eigenvalue weighted by molar-refractivity contribution is 7.47. The molecule has 0 aliphatic carbocycles. The van der Waals surface area contributed by atoms with Crippen molar-refractivity contribution in [3.8, 4) is 0 Å². The van der Waals surface area contributed by atoms with Crippen molar-refractivity contribution in [1.29, 1.82) is 0 Å². The standard InChI is InChI=1S/C85H140O16P2/c1-4-7-10-13-16-19-22-25-27-29-31-32-33-34-35-36-37-38-39-40-41-42-43-44-45-46-48-50-51-54-56-59-62-65-68-71-83(88)95-74-80(86)75-97-102(91,92)98-76-81(87)77-99-103(93,94)100-79-82(101-85(90)73-70-67-64-61-58-53-24-21-18-15-12-9-6-3)78-96-84(89)72-69-66-63-60-57-55-52-49-47-30-28-26-23-20-17-14-11-8-5-2/h7-8,10-12,15-17,19-21,24-28,31-32,34-35,37-38,47,49,55,57,63,66,80-82,86-87H,4-6,9,13-14,18,22-23,29-30,33,36,39-46,48,50-54,56,58-62,64-65,67-79H2,1-3H3,(H,91,92)(H,93,94)/b10-7-,11-8-,15-12-,19-16-,20-17-,24-21-,27-25-,28-26-,32-31-,35-34-,38-37-,49-47-,57-55-,66-63-. The number of unbranched alkanes of at least 4 members (excludes halogenated alkanes) is 22. The molecule has 0 aromatic carbocycles. The summed E-state index contributed by atoms with van der Waals surface area (Å²) in [6.07, 6.45) is 97.3. The van der Waals surface area contributed by atoms with Gasteiger partial charge in [-0.3, -0.25) is 32.5 Å². The summed E-state index contributed by atoms with van der Waals surface area (Å²) in [6.45, 7) is 2.26. The minimum atomic E-state index is -4.95. The van der Waals surface area contributed by atoms with Gasteiger partial charge in [0.1, 0.15) is 25.4 Å². The van der Waals surface area contributed by atoms with Crippen LogP contribution in [-0.2, 0) is 55.8 Å². The van der Waals surface area contributed by atoms with Crippen LogP contribution in [0.3, 0.4) is 0 Å². The number of allylic oxidation sites excluding steroid dienone is 28. The van der Waals surface area contributed by atoms with Crippen molar-refractivity contribution in [3.63, 3.8) is 0 Å². The molecule has 0 bridgehead atoms. The number of hydrogen-bond donors (Lipinski definition) is 4. The number of hydrogen-bond acceptors (Lipinski definition) is 14. The van der Waals surface area contributed by atoms with Gasteiger partial charge in [0.05, 0.1) is 26.4 Å². The summed E-state index contributed by atoms with van der Waals surface area (Å²) in [6, 6.07) is 0. The van der Waals surface area contributed by atoms with E-state index in [1.165, 1.54) is 83.5 Å². The Bertz CT molecular complexity index is 2550. The maximum Gasteiger partial charge on any atom is 0.472 e. The Morgan fingerprint density at radius 3 is 0.874 bits per heavy atom. The van der Waals surface area contributed by atoms with Crippen LogP contribution in [0.15, 0.2) is 170 Å². The summed E-state index contributed by atoms with van der Waals surface area (Å²) in [4.78, 5) is 58.5. The first-order chi connectivity index (χ1) is 50.2. The highest BCUT2D eigenvalue weighted by atomic mass is 31.2. The van der Waals surface area contributed by atoms with Crippen LogP contribution in [0.2, 0.25) is 0 Å². The molecule has 0 aromatic rings. The highest BCUT2D eigenvalue weighted by Crippen LogP contribution is 2.45. The smallest absolute Gasteiger partial charge is 0.463 e. The maximum atomic E-state index is 12.9. The Kier molecular flexibility index (Phi) is 72.8. The van der Waals surface area contributed by atoms with E-state index in [1.807, 2.05) is 18.2 Å². The minimum absolute atomic E-state index is 0.0376. The molecule has 18 heteroatoms. The van der Waals surface area contributed by atoms with Gasteiger partial charge in [-0.15, -0.1) is 0 Å². The summed E-state index contributed by atoms with van der Waals surface area (Å²) in [5, 5.41) is 20.6. The molecule has 0 amide bonds. The summed E-state index contributed by atoms with van der Waals surface area (Å²) in [7, 11) is -9.82. The normalized spacial score (nSPS) is 14.9. The minimum Gasteiger partial charge on any atom is -0.463 e. The molecule has 0 aromatic heterocycles. The van der Waals surface area contributed by atoms with Gasteiger partial charge in [-0.1, -0.05) is 306 Å². The zero-order chi connectivity index (χ0) is 75.2. The number of esters is 3. The molecular weight excluding hydrogens is 1340 g/mol. The van der Waals surface area contributed by atoms with Crippen molar-refractivity contribution in [2.24, 2.45) is 0 Å². The third-order valence-corrected chi connectivity index (χ3v) is 17.8. The van der Waals surface area contributed by atoms with E-state index in [1.54, 1.807) is 0 Å². The lowest BCUT2D eigenvalue weighted by molar-refractivity contribution is -0.161. The van der Waals surface area contributed by atoms with E-state index in [-0.39, 0.29) is 19.3 Å². The van der Waals surface area contributed by atoms with E-state index in [0.717, 1.165) is 141 Å². The number of rotatable bonds is 73. The van der Waals surface area contributed by atoms with Crippen molar-refractivity contribution < 1.29 is 75.8 Å². The molecule has 0 rings (SSSR count). The van der Waals surface area contributed by atoms with Crippen molar-refractivity contribution in [1.82, 2.24) is 0 Å². The topological polar surface area (TPSA) is 231 Å². The number of carbonyl (C=O) groups is 3. The predicted octanol–water partition coefficient (Wildman–Crippen LogP) is 23.2. The van der Waals surface area contributed by atoms with Crippen LogP contribution in [0.5, 0.6) is 0 Å². The van der Waals surface area contributed by atoms with Gasteiger partial charge in [0, 0.05) is 19.3 Å². The van der Waals surface area contributed by atoms with Crippen molar-refractivity contribution >= 4 is 33.6 Å². The van der Waals surface area contributed by atoms with Gasteiger partial charge in [-0.05, 0) is 135 Å². The Labute approximate surface area is 624 Å². The summed E-state index contributed by atoms with van der Waals surface area (Å²) >= 11 is 0. The van der Waals surface area contributed by atoms with Gasteiger partial charge in [0.2, 0.25) is 0 Å². The second-order valence-electron chi connectivity index (χ2n) is 25.7. The lowest BCUT2D eigenvalue weighted by Crippen LogP contribution is -2.30. The maximum absolute atomic E-state index is 12.9. The van der Waals surface area contributed by atoms with E-state index in [4.69, 9.17) is 32.3 Å². The van der Waals surface area contributed by atoms with Crippen molar-refractivity contribution in [3.05, 3.63) is 170 Å². The molecule has 586 valence electrons. The molecular formula is C85H140O16P2. The fraction of sp³-hybridized carbons (Fsp3) is 0.635. The van der Waals surface area contributed by atoms with E-state index < -0.39 is 91.5 Å². The molecule has 5 unspecified atom stereocenters. The van der Waals surface area contributed by atoms with Crippen LogP contribution in [0.4, 0.5) is 0 Å². The number of aliphatic hydroxyl groups is 2. The summed E-state index contributed by atoms with van der Waals surface area (Å²) in [5.41, 5.74) is 0. The second kappa shape index (κ2) is 76.6. The van der Waals surface area contributed by atoms with Gasteiger partial charge in [0.25, 0.3) is 0 Å². The van der Waals surface area contributed by atoms with Gasteiger partial charge < -0.3 is 34.2 Å². The molecule has 0 radical (unpaired) electrons. The molecule has 16 nitrogen and oxygen atoms in total. The Morgan fingerprint density at radius 2 is 0.534 bits per heavy atom. The van der Waals surface area contributed by atoms with Crippen LogP contribution in [0, 0.1) is 0 Å². The predicted molar refractivity (Wildman–Crippen MR) is 426 cm³/mol. The van der Waals surface area contributed by atoms with Gasteiger partial charge >= 0.3 is 33.6 Å². The molecule has 103 heavy (non-hydrogen) atoms. The number of carbonyl (C=O) groups excluding carboxylic acids is 3.